The SMILES string of the molecule is Cc1cc(CN)nc(-c2ccc(F)cc2F)n1. The van der Waals surface area contributed by atoms with E-state index in [2.05, 4.69) is 9.97 Å². The third-order valence-corrected chi connectivity index (χ3v) is 2.29. The Balaban J connectivity index is 2.55. The van der Waals surface area contributed by atoms with E-state index in [1.54, 1.807) is 13.0 Å². The minimum Gasteiger partial charge on any atom is -0.325 e. The molecule has 1 aromatic carbocycles. The van der Waals surface area contributed by atoms with Gasteiger partial charge in [-0.15, -0.1) is 0 Å². The molecule has 1 aromatic heterocycles. The Hall–Kier alpha value is -1.88. The van der Waals surface area contributed by atoms with E-state index < -0.39 is 11.6 Å². The average Bonchev–Trinajstić information content (AvgIpc) is 2.28. The van der Waals surface area contributed by atoms with Crippen molar-refractivity contribution >= 4 is 0 Å². The highest BCUT2D eigenvalue weighted by Crippen LogP contribution is 2.20. The van der Waals surface area contributed by atoms with E-state index in [-0.39, 0.29) is 17.9 Å². The number of rotatable bonds is 2. The van der Waals surface area contributed by atoms with Crippen LogP contribution in [0.1, 0.15) is 11.4 Å². The summed E-state index contributed by atoms with van der Waals surface area (Å²) in [7, 11) is 0. The summed E-state index contributed by atoms with van der Waals surface area (Å²) < 4.78 is 26.3. The lowest BCUT2D eigenvalue weighted by Gasteiger charge is -2.05. The maximum Gasteiger partial charge on any atom is 0.162 e. The molecule has 0 saturated carbocycles. The maximum absolute atomic E-state index is 13.6. The van der Waals surface area contributed by atoms with Gasteiger partial charge in [0.25, 0.3) is 0 Å². The van der Waals surface area contributed by atoms with Crippen LogP contribution in [-0.2, 0) is 6.54 Å². The number of benzene rings is 1. The standard InChI is InChI=1S/C12H11F2N3/c1-7-4-9(6-15)17-12(16-7)10-3-2-8(13)5-11(10)14/h2-5H,6,15H2,1H3. The van der Waals surface area contributed by atoms with Gasteiger partial charge in [-0.05, 0) is 25.1 Å². The molecule has 0 saturated heterocycles. The van der Waals surface area contributed by atoms with Crippen molar-refractivity contribution in [3.63, 3.8) is 0 Å². The zero-order valence-electron chi connectivity index (χ0n) is 9.24. The topological polar surface area (TPSA) is 51.8 Å². The van der Waals surface area contributed by atoms with Crippen molar-refractivity contribution in [1.82, 2.24) is 9.97 Å². The smallest absolute Gasteiger partial charge is 0.162 e. The molecular weight excluding hydrogens is 224 g/mol. The van der Waals surface area contributed by atoms with E-state index in [0.717, 1.165) is 6.07 Å². The van der Waals surface area contributed by atoms with Crippen molar-refractivity contribution in [2.45, 2.75) is 13.5 Å². The van der Waals surface area contributed by atoms with Crippen LogP contribution in [0, 0.1) is 18.6 Å². The van der Waals surface area contributed by atoms with Gasteiger partial charge in [0.15, 0.2) is 5.82 Å². The highest BCUT2D eigenvalue weighted by atomic mass is 19.1. The summed E-state index contributed by atoms with van der Waals surface area (Å²) in [5.74, 6) is -1.08. The molecule has 0 unspecified atom stereocenters. The second kappa shape index (κ2) is 4.55. The van der Waals surface area contributed by atoms with Gasteiger partial charge in [0.05, 0.1) is 11.3 Å². The fourth-order valence-electron chi connectivity index (χ4n) is 1.53. The summed E-state index contributed by atoms with van der Waals surface area (Å²) in [6.07, 6.45) is 0. The Bertz CT molecular complexity index is 555. The Morgan fingerprint density at radius 1 is 1.18 bits per heavy atom. The molecule has 0 aliphatic carbocycles. The Morgan fingerprint density at radius 3 is 2.59 bits per heavy atom. The van der Waals surface area contributed by atoms with Crippen molar-refractivity contribution in [2.75, 3.05) is 0 Å². The Kier molecular flexibility index (Phi) is 3.10. The predicted molar refractivity (Wildman–Crippen MR) is 60.0 cm³/mol. The van der Waals surface area contributed by atoms with E-state index in [9.17, 15) is 8.78 Å². The second-order valence-electron chi connectivity index (χ2n) is 3.65. The molecule has 0 atom stereocenters. The molecule has 0 aliphatic heterocycles. The number of hydrogen-bond donors (Lipinski definition) is 1. The van der Waals surface area contributed by atoms with Gasteiger partial charge >= 0.3 is 0 Å². The quantitative estimate of drug-likeness (QED) is 0.868. The van der Waals surface area contributed by atoms with Gasteiger partial charge in [-0.25, -0.2) is 18.7 Å². The molecule has 0 amide bonds. The molecule has 0 aliphatic rings. The molecule has 17 heavy (non-hydrogen) atoms. The summed E-state index contributed by atoms with van der Waals surface area (Å²) in [5, 5.41) is 0. The Morgan fingerprint density at radius 2 is 1.94 bits per heavy atom. The molecule has 0 fully saturated rings. The monoisotopic (exact) mass is 235 g/mol. The molecule has 2 aromatic rings. The van der Waals surface area contributed by atoms with Gasteiger partial charge in [-0.2, -0.15) is 0 Å². The highest BCUT2D eigenvalue weighted by molar-refractivity contribution is 5.56. The van der Waals surface area contributed by atoms with Crippen LogP contribution in [0.15, 0.2) is 24.3 Å². The minimum absolute atomic E-state index is 0.171. The van der Waals surface area contributed by atoms with Crippen LogP contribution in [0.4, 0.5) is 8.78 Å². The van der Waals surface area contributed by atoms with Gasteiger partial charge in [0.1, 0.15) is 11.6 Å². The molecule has 0 spiro atoms. The van der Waals surface area contributed by atoms with Gasteiger partial charge in [0.2, 0.25) is 0 Å². The zero-order valence-corrected chi connectivity index (χ0v) is 9.24. The summed E-state index contributed by atoms with van der Waals surface area (Å²) in [5.41, 5.74) is 6.97. The van der Waals surface area contributed by atoms with Crippen molar-refractivity contribution in [1.29, 1.82) is 0 Å². The number of aromatic nitrogens is 2. The van der Waals surface area contributed by atoms with E-state index in [1.165, 1.54) is 12.1 Å². The maximum atomic E-state index is 13.6. The fourth-order valence-corrected chi connectivity index (χ4v) is 1.53. The van der Waals surface area contributed by atoms with E-state index in [1.807, 2.05) is 0 Å². The molecule has 0 radical (unpaired) electrons. The van der Waals surface area contributed by atoms with Crippen LogP contribution >= 0.6 is 0 Å². The first-order chi connectivity index (χ1) is 8.10. The van der Waals surface area contributed by atoms with Crippen molar-refractivity contribution in [2.24, 2.45) is 5.73 Å². The number of nitrogens with two attached hydrogens (primary N) is 1. The minimum atomic E-state index is -0.682. The zero-order chi connectivity index (χ0) is 12.4. The number of hydrogen-bond acceptors (Lipinski definition) is 3. The van der Waals surface area contributed by atoms with Crippen molar-refractivity contribution in [3.8, 4) is 11.4 Å². The second-order valence-corrected chi connectivity index (χ2v) is 3.65. The molecule has 1 heterocycles. The Labute approximate surface area is 97.3 Å². The first-order valence-electron chi connectivity index (χ1n) is 5.10. The molecule has 88 valence electrons. The molecular formula is C12H11F2N3. The predicted octanol–water partition coefficient (Wildman–Crippen LogP) is 2.19. The number of aryl methyl sites for hydroxylation is 1. The molecule has 2 rings (SSSR count). The van der Waals surface area contributed by atoms with Crippen molar-refractivity contribution in [3.05, 3.63) is 47.3 Å². The van der Waals surface area contributed by atoms with E-state index in [0.29, 0.717) is 11.4 Å². The highest BCUT2D eigenvalue weighted by Gasteiger charge is 2.10. The van der Waals surface area contributed by atoms with Crippen LogP contribution < -0.4 is 5.73 Å². The lowest BCUT2D eigenvalue weighted by molar-refractivity contribution is 0.585. The average molecular weight is 235 g/mol. The third kappa shape index (κ3) is 2.45. The van der Waals surface area contributed by atoms with Crippen LogP contribution in [0.5, 0.6) is 0 Å². The van der Waals surface area contributed by atoms with Crippen molar-refractivity contribution < 1.29 is 8.78 Å². The van der Waals surface area contributed by atoms with Gasteiger partial charge in [0, 0.05) is 18.3 Å². The summed E-state index contributed by atoms with van der Waals surface area (Å²) in [4.78, 5) is 8.23. The van der Waals surface area contributed by atoms with Gasteiger partial charge in [-0.1, -0.05) is 0 Å². The van der Waals surface area contributed by atoms with Crippen LogP contribution in [0.3, 0.4) is 0 Å². The first kappa shape index (κ1) is 11.6. The first-order valence-corrected chi connectivity index (χ1v) is 5.10. The van der Waals surface area contributed by atoms with E-state index in [4.69, 9.17) is 5.73 Å². The number of halogens is 2. The summed E-state index contributed by atoms with van der Waals surface area (Å²) in [6.45, 7) is 2.02. The molecule has 5 heteroatoms. The van der Waals surface area contributed by atoms with Gasteiger partial charge in [-0.3, -0.25) is 0 Å². The lowest BCUT2D eigenvalue weighted by Crippen LogP contribution is -2.04. The summed E-state index contributed by atoms with van der Waals surface area (Å²) >= 11 is 0. The van der Waals surface area contributed by atoms with E-state index >= 15 is 0 Å². The van der Waals surface area contributed by atoms with Crippen LogP contribution in [0.2, 0.25) is 0 Å². The number of nitrogens with zero attached hydrogens (tertiary/aromatic N) is 2. The largest absolute Gasteiger partial charge is 0.325 e. The molecule has 3 nitrogen and oxygen atoms in total. The molecule has 2 N–H and O–H groups in total. The third-order valence-electron chi connectivity index (χ3n) is 2.29. The molecule has 0 bridgehead atoms. The fraction of sp³-hybridized carbons (Fsp3) is 0.167. The normalized spacial score (nSPS) is 10.6. The van der Waals surface area contributed by atoms with Gasteiger partial charge < -0.3 is 5.73 Å². The lowest BCUT2D eigenvalue weighted by atomic mass is 10.2. The summed E-state index contributed by atoms with van der Waals surface area (Å²) in [6, 6.07) is 5.03. The van der Waals surface area contributed by atoms with Crippen LogP contribution in [-0.4, -0.2) is 9.97 Å². The van der Waals surface area contributed by atoms with Crippen LogP contribution in [0.25, 0.3) is 11.4 Å².